The number of hydrogen-bond acceptors (Lipinski definition) is 3. The van der Waals surface area contributed by atoms with Gasteiger partial charge >= 0.3 is 5.97 Å². The molecule has 20 heavy (non-hydrogen) atoms. The molecule has 0 fully saturated rings. The first-order valence-electron chi connectivity index (χ1n) is 8.62. The van der Waals surface area contributed by atoms with Crippen molar-refractivity contribution in [3.63, 3.8) is 0 Å². The fourth-order valence-corrected chi connectivity index (χ4v) is 2.24. The van der Waals surface area contributed by atoms with Crippen molar-refractivity contribution >= 4 is 5.97 Å². The van der Waals surface area contributed by atoms with Crippen molar-refractivity contribution in [1.82, 2.24) is 4.90 Å². The third-order valence-electron chi connectivity index (χ3n) is 3.48. The van der Waals surface area contributed by atoms with Gasteiger partial charge in [0.2, 0.25) is 0 Å². The van der Waals surface area contributed by atoms with Crippen LogP contribution in [0.4, 0.5) is 0 Å². The molecule has 3 heteroatoms. The van der Waals surface area contributed by atoms with Crippen molar-refractivity contribution < 1.29 is 9.53 Å². The molecule has 0 aliphatic rings. The summed E-state index contributed by atoms with van der Waals surface area (Å²) in [5.74, 6) is -0.0576. The summed E-state index contributed by atoms with van der Waals surface area (Å²) >= 11 is 0. The van der Waals surface area contributed by atoms with Gasteiger partial charge in [-0.1, -0.05) is 59.3 Å². The van der Waals surface area contributed by atoms with Crippen LogP contribution in [0.3, 0.4) is 0 Å². The maximum Gasteiger partial charge on any atom is 0.320 e. The smallest absolute Gasteiger partial charge is 0.320 e. The highest BCUT2D eigenvalue weighted by molar-refractivity contribution is 5.71. The molecule has 0 saturated carbocycles. The predicted octanol–water partition coefficient (Wildman–Crippen LogP) is 4.40. The molecule has 0 saturated heterocycles. The van der Waals surface area contributed by atoms with E-state index >= 15 is 0 Å². The summed E-state index contributed by atoms with van der Waals surface area (Å²) in [6.07, 6.45) is 10.9. The van der Waals surface area contributed by atoms with Crippen LogP contribution in [-0.4, -0.2) is 37.1 Å². The van der Waals surface area contributed by atoms with Gasteiger partial charge in [0.15, 0.2) is 0 Å². The molecule has 3 nitrogen and oxygen atoms in total. The van der Waals surface area contributed by atoms with E-state index in [0.29, 0.717) is 13.2 Å². The number of unbranched alkanes of at least 4 members (excludes halogenated alkanes) is 6. The average Bonchev–Trinajstić information content (AvgIpc) is 2.45. The Balaban J connectivity index is 3.92. The fraction of sp³-hybridized carbons (Fsp3) is 0.941. The summed E-state index contributed by atoms with van der Waals surface area (Å²) in [7, 11) is 0. The normalized spacial score (nSPS) is 11.0. The largest absolute Gasteiger partial charge is 0.465 e. The van der Waals surface area contributed by atoms with E-state index in [0.717, 1.165) is 19.5 Å². The van der Waals surface area contributed by atoms with Crippen LogP contribution in [0.1, 0.15) is 78.6 Å². The van der Waals surface area contributed by atoms with Crippen LogP contribution in [0, 0.1) is 0 Å². The Bertz CT molecular complexity index is 207. The zero-order valence-corrected chi connectivity index (χ0v) is 14.0. The first kappa shape index (κ1) is 19.4. The third kappa shape index (κ3) is 12.5. The molecular formula is C17H35NO2. The minimum absolute atomic E-state index is 0.0576. The van der Waals surface area contributed by atoms with Gasteiger partial charge in [-0.2, -0.15) is 0 Å². The molecule has 0 bridgehead atoms. The lowest BCUT2D eigenvalue weighted by Gasteiger charge is -2.21. The van der Waals surface area contributed by atoms with E-state index < -0.39 is 0 Å². The number of nitrogens with zero attached hydrogens (tertiary/aromatic N) is 1. The van der Waals surface area contributed by atoms with Crippen LogP contribution in [0.2, 0.25) is 0 Å². The molecule has 120 valence electrons. The van der Waals surface area contributed by atoms with E-state index in [1.165, 1.54) is 51.4 Å². The van der Waals surface area contributed by atoms with Crippen LogP contribution < -0.4 is 0 Å². The number of esters is 1. The van der Waals surface area contributed by atoms with Crippen molar-refractivity contribution in [2.45, 2.75) is 78.6 Å². The van der Waals surface area contributed by atoms with Gasteiger partial charge < -0.3 is 4.74 Å². The molecule has 0 unspecified atom stereocenters. The van der Waals surface area contributed by atoms with Crippen LogP contribution in [-0.2, 0) is 9.53 Å². The Hall–Kier alpha value is -0.570. The van der Waals surface area contributed by atoms with Crippen molar-refractivity contribution in [3.05, 3.63) is 0 Å². The van der Waals surface area contributed by atoms with E-state index in [4.69, 9.17) is 4.74 Å². The second kappa shape index (κ2) is 14.8. The number of carbonyl (C=O) groups excluding carboxylic acids is 1. The highest BCUT2D eigenvalue weighted by Gasteiger charge is 2.11. The standard InChI is InChI=1S/C17H35NO2/c1-4-7-9-11-13-18(14-12-10-8-5-2)16-17(19)20-15-6-3/h4-16H2,1-3H3. The molecule has 0 aliphatic carbocycles. The van der Waals surface area contributed by atoms with Gasteiger partial charge in [-0.15, -0.1) is 0 Å². The maximum atomic E-state index is 11.7. The van der Waals surface area contributed by atoms with Crippen molar-refractivity contribution in [1.29, 1.82) is 0 Å². The molecule has 0 aromatic heterocycles. The second-order valence-corrected chi connectivity index (χ2v) is 5.62. The Labute approximate surface area is 126 Å². The molecule has 0 heterocycles. The first-order chi connectivity index (χ1) is 9.74. The van der Waals surface area contributed by atoms with E-state index in [2.05, 4.69) is 18.7 Å². The highest BCUT2D eigenvalue weighted by atomic mass is 16.5. The highest BCUT2D eigenvalue weighted by Crippen LogP contribution is 2.05. The molecular weight excluding hydrogens is 250 g/mol. The number of rotatable bonds is 14. The predicted molar refractivity (Wildman–Crippen MR) is 86.0 cm³/mol. The van der Waals surface area contributed by atoms with E-state index in [1.54, 1.807) is 0 Å². The van der Waals surface area contributed by atoms with Gasteiger partial charge in [0.25, 0.3) is 0 Å². The van der Waals surface area contributed by atoms with E-state index in [-0.39, 0.29) is 5.97 Å². The zero-order chi connectivity index (χ0) is 15.1. The average molecular weight is 285 g/mol. The SMILES string of the molecule is CCCCCCN(CCCCCC)CC(=O)OCCC. The summed E-state index contributed by atoms with van der Waals surface area (Å²) < 4.78 is 5.20. The molecule has 0 aromatic carbocycles. The summed E-state index contributed by atoms with van der Waals surface area (Å²) in [4.78, 5) is 14.0. The minimum Gasteiger partial charge on any atom is -0.465 e. The lowest BCUT2D eigenvalue weighted by molar-refractivity contribution is -0.145. The lowest BCUT2D eigenvalue weighted by atomic mass is 10.1. The lowest BCUT2D eigenvalue weighted by Crippen LogP contribution is -2.33. The monoisotopic (exact) mass is 285 g/mol. The number of hydrogen-bond donors (Lipinski definition) is 0. The molecule has 0 N–H and O–H groups in total. The van der Waals surface area contributed by atoms with E-state index in [1.807, 2.05) is 6.92 Å². The summed E-state index contributed by atoms with van der Waals surface area (Å²) in [5, 5.41) is 0. The molecule has 0 atom stereocenters. The Morgan fingerprint density at radius 1 is 0.800 bits per heavy atom. The van der Waals surface area contributed by atoms with Crippen molar-refractivity contribution in [3.8, 4) is 0 Å². The van der Waals surface area contributed by atoms with Gasteiger partial charge in [-0.3, -0.25) is 9.69 Å². The Kier molecular flexibility index (Phi) is 14.4. The first-order valence-corrected chi connectivity index (χ1v) is 8.62. The van der Waals surface area contributed by atoms with Crippen LogP contribution >= 0.6 is 0 Å². The zero-order valence-electron chi connectivity index (χ0n) is 14.0. The molecule has 0 radical (unpaired) electrons. The number of carbonyl (C=O) groups is 1. The van der Waals surface area contributed by atoms with Crippen molar-refractivity contribution in [2.24, 2.45) is 0 Å². The van der Waals surface area contributed by atoms with Gasteiger partial charge in [0.1, 0.15) is 0 Å². The number of ether oxygens (including phenoxy) is 1. The summed E-state index contributed by atoms with van der Waals surface area (Å²) in [6, 6.07) is 0. The molecule has 0 amide bonds. The molecule has 0 aliphatic heterocycles. The van der Waals surface area contributed by atoms with Crippen molar-refractivity contribution in [2.75, 3.05) is 26.2 Å². The van der Waals surface area contributed by atoms with Gasteiger partial charge in [0, 0.05) is 0 Å². The minimum atomic E-state index is -0.0576. The summed E-state index contributed by atoms with van der Waals surface area (Å²) in [6.45, 7) is 9.58. The topological polar surface area (TPSA) is 29.5 Å². The molecule has 0 rings (SSSR count). The second-order valence-electron chi connectivity index (χ2n) is 5.62. The third-order valence-corrected chi connectivity index (χ3v) is 3.48. The quantitative estimate of drug-likeness (QED) is 0.350. The molecule has 0 spiro atoms. The van der Waals surface area contributed by atoms with Gasteiger partial charge in [-0.25, -0.2) is 0 Å². The molecule has 0 aromatic rings. The fourth-order valence-electron chi connectivity index (χ4n) is 2.24. The maximum absolute atomic E-state index is 11.7. The summed E-state index contributed by atoms with van der Waals surface area (Å²) in [5.41, 5.74) is 0. The van der Waals surface area contributed by atoms with Gasteiger partial charge in [-0.05, 0) is 32.4 Å². The van der Waals surface area contributed by atoms with Crippen LogP contribution in [0.5, 0.6) is 0 Å². The van der Waals surface area contributed by atoms with Crippen LogP contribution in [0.25, 0.3) is 0 Å². The van der Waals surface area contributed by atoms with Crippen LogP contribution in [0.15, 0.2) is 0 Å². The Morgan fingerprint density at radius 2 is 1.35 bits per heavy atom. The van der Waals surface area contributed by atoms with E-state index in [9.17, 15) is 4.79 Å². The van der Waals surface area contributed by atoms with Gasteiger partial charge in [0.05, 0.1) is 13.2 Å². The Morgan fingerprint density at radius 3 is 1.80 bits per heavy atom.